The van der Waals surface area contributed by atoms with Crippen LogP contribution in [-0.4, -0.2) is 30.5 Å². The summed E-state index contributed by atoms with van der Waals surface area (Å²) in [5.41, 5.74) is 4.92. The highest BCUT2D eigenvalue weighted by Gasteiger charge is 2.16. The molecule has 0 aliphatic carbocycles. The number of benzene rings is 3. The minimum absolute atomic E-state index is 0.0517. The number of urea groups is 1. The van der Waals surface area contributed by atoms with Crippen LogP contribution in [0.2, 0.25) is 0 Å². The van der Waals surface area contributed by atoms with Crippen LogP contribution in [0.4, 0.5) is 4.79 Å². The number of imidazole rings is 1. The highest BCUT2D eigenvalue weighted by molar-refractivity contribution is 7.90. The maximum absolute atomic E-state index is 12.3. The number of nitrogens with zero attached hydrogens (tertiary/aromatic N) is 2. The monoisotopic (exact) mass is 434 g/mol. The molecule has 0 bridgehead atoms. The second-order valence-electron chi connectivity index (χ2n) is 7.19. The first-order valence-electron chi connectivity index (χ1n) is 9.81. The summed E-state index contributed by atoms with van der Waals surface area (Å²) in [6.07, 6.45) is 2.36. The van der Waals surface area contributed by atoms with E-state index in [0.29, 0.717) is 13.0 Å². The molecule has 7 nitrogen and oxygen atoms in total. The summed E-state index contributed by atoms with van der Waals surface area (Å²) >= 11 is 0. The SMILES string of the molecule is Cc1ccc(S(=O)(=O)NC(=O)NCCc2ccc(-n3cnc4ccccc43)cc2)cc1. The molecule has 8 heteroatoms. The summed E-state index contributed by atoms with van der Waals surface area (Å²) in [6.45, 7) is 2.17. The molecule has 0 fully saturated rings. The van der Waals surface area contributed by atoms with Crippen LogP contribution in [0.15, 0.2) is 84.0 Å². The number of para-hydroxylation sites is 2. The number of carbonyl (C=O) groups is 1. The fraction of sp³-hybridized carbons (Fsp3) is 0.130. The topological polar surface area (TPSA) is 93.1 Å². The van der Waals surface area contributed by atoms with Gasteiger partial charge in [0, 0.05) is 12.2 Å². The van der Waals surface area contributed by atoms with Gasteiger partial charge in [-0.3, -0.25) is 4.57 Å². The van der Waals surface area contributed by atoms with Gasteiger partial charge in [0.1, 0.15) is 6.33 Å². The number of fused-ring (bicyclic) bond motifs is 1. The third-order valence-corrected chi connectivity index (χ3v) is 6.27. The molecular weight excluding hydrogens is 412 g/mol. The Morgan fingerprint density at radius 2 is 1.68 bits per heavy atom. The molecule has 2 N–H and O–H groups in total. The van der Waals surface area contributed by atoms with Crippen molar-refractivity contribution in [3.63, 3.8) is 0 Å². The van der Waals surface area contributed by atoms with E-state index in [-0.39, 0.29) is 4.90 Å². The molecule has 158 valence electrons. The first-order valence-corrected chi connectivity index (χ1v) is 11.3. The van der Waals surface area contributed by atoms with Gasteiger partial charge in [-0.25, -0.2) is 22.9 Å². The second-order valence-corrected chi connectivity index (χ2v) is 8.88. The average Bonchev–Trinajstić information content (AvgIpc) is 3.18. The molecule has 0 spiro atoms. The molecule has 0 aliphatic rings. The van der Waals surface area contributed by atoms with E-state index in [9.17, 15) is 13.2 Å². The van der Waals surface area contributed by atoms with Crippen molar-refractivity contribution in [2.45, 2.75) is 18.2 Å². The predicted octanol–water partition coefficient (Wildman–Crippen LogP) is 3.56. The summed E-state index contributed by atoms with van der Waals surface area (Å²) in [5.74, 6) is 0. The minimum atomic E-state index is -3.89. The lowest BCUT2D eigenvalue weighted by Gasteiger charge is -2.10. The molecule has 2 amide bonds. The number of nitrogens with one attached hydrogen (secondary N) is 2. The Morgan fingerprint density at radius 1 is 0.968 bits per heavy atom. The summed E-state index contributed by atoms with van der Waals surface area (Å²) in [7, 11) is -3.89. The van der Waals surface area contributed by atoms with Gasteiger partial charge in [-0.2, -0.15) is 0 Å². The lowest BCUT2D eigenvalue weighted by molar-refractivity contribution is 0.246. The summed E-state index contributed by atoms with van der Waals surface area (Å²) in [6, 6.07) is 21.4. The molecule has 0 unspecified atom stereocenters. The zero-order valence-electron chi connectivity index (χ0n) is 16.9. The van der Waals surface area contributed by atoms with Crippen LogP contribution in [0.5, 0.6) is 0 Å². The molecule has 4 aromatic rings. The van der Waals surface area contributed by atoms with Crippen LogP contribution in [0.3, 0.4) is 0 Å². The van der Waals surface area contributed by atoms with Crippen LogP contribution in [0.25, 0.3) is 16.7 Å². The summed E-state index contributed by atoms with van der Waals surface area (Å²) in [4.78, 5) is 16.5. The molecule has 0 aliphatic heterocycles. The Morgan fingerprint density at radius 3 is 2.42 bits per heavy atom. The first kappa shape index (κ1) is 20.6. The minimum Gasteiger partial charge on any atom is -0.337 e. The number of carbonyl (C=O) groups excluding carboxylic acids is 1. The van der Waals surface area contributed by atoms with E-state index in [1.165, 1.54) is 12.1 Å². The molecule has 0 radical (unpaired) electrons. The lowest BCUT2D eigenvalue weighted by Crippen LogP contribution is -2.40. The maximum atomic E-state index is 12.3. The van der Waals surface area contributed by atoms with Gasteiger partial charge >= 0.3 is 6.03 Å². The standard InChI is InChI=1S/C23H22N4O3S/c1-17-6-12-20(13-7-17)31(29,30)26-23(28)24-15-14-18-8-10-19(11-9-18)27-16-25-21-4-2-3-5-22(21)27/h2-13,16H,14-15H2,1H3,(H2,24,26,28). The van der Waals surface area contributed by atoms with Gasteiger partial charge in [0.2, 0.25) is 0 Å². The third-order valence-electron chi connectivity index (χ3n) is 4.93. The number of sulfonamides is 1. The molecule has 1 aromatic heterocycles. The fourth-order valence-electron chi connectivity index (χ4n) is 3.24. The van der Waals surface area contributed by atoms with Gasteiger partial charge in [0.05, 0.1) is 15.9 Å². The zero-order valence-corrected chi connectivity index (χ0v) is 17.8. The molecule has 0 atom stereocenters. The number of hydrogen-bond acceptors (Lipinski definition) is 4. The van der Waals surface area contributed by atoms with E-state index in [4.69, 9.17) is 0 Å². The van der Waals surface area contributed by atoms with Crippen molar-refractivity contribution in [3.8, 4) is 5.69 Å². The third kappa shape index (κ3) is 4.75. The number of amides is 2. The smallest absolute Gasteiger partial charge is 0.328 e. The highest BCUT2D eigenvalue weighted by atomic mass is 32.2. The normalized spacial score (nSPS) is 11.4. The van der Waals surface area contributed by atoms with E-state index in [1.54, 1.807) is 18.5 Å². The number of aryl methyl sites for hydroxylation is 1. The molecule has 1 heterocycles. The predicted molar refractivity (Wildman–Crippen MR) is 120 cm³/mol. The summed E-state index contributed by atoms with van der Waals surface area (Å²) < 4.78 is 28.6. The second kappa shape index (κ2) is 8.61. The Labute approximate surface area is 180 Å². The van der Waals surface area contributed by atoms with Crippen molar-refractivity contribution in [2.24, 2.45) is 0 Å². The fourth-order valence-corrected chi connectivity index (χ4v) is 4.17. The van der Waals surface area contributed by atoms with E-state index in [1.807, 2.05) is 64.7 Å². The number of aromatic nitrogens is 2. The van der Waals surface area contributed by atoms with Crippen LogP contribution in [0.1, 0.15) is 11.1 Å². The van der Waals surface area contributed by atoms with Crippen molar-refractivity contribution in [2.75, 3.05) is 6.54 Å². The molecule has 0 saturated carbocycles. The van der Waals surface area contributed by atoms with E-state index >= 15 is 0 Å². The molecule has 31 heavy (non-hydrogen) atoms. The molecule has 3 aromatic carbocycles. The van der Waals surface area contributed by atoms with Crippen LogP contribution in [0, 0.1) is 6.92 Å². The highest BCUT2D eigenvalue weighted by Crippen LogP contribution is 2.18. The maximum Gasteiger partial charge on any atom is 0.328 e. The van der Waals surface area contributed by atoms with E-state index in [0.717, 1.165) is 27.8 Å². The quantitative estimate of drug-likeness (QED) is 0.485. The van der Waals surface area contributed by atoms with E-state index in [2.05, 4.69) is 10.3 Å². The number of hydrogen-bond donors (Lipinski definition) is 2. The zero-order chi connectivity index (χ0) is 21.8. The van der Waals surface area contributed by atoms with Gasteiger partial charge in [0.25, 0.3) is 10.0 Å². The van der Waals surface area contributed by atoms with Crippen molar-refractivity contribution in [3.05, 3.63) is 90.3 Å². The Hall–Kier alpha value is -3.65. The van der Waals surface area contributed by atoms with Crippen LogP contribution < -0.4 is 10.0 Å². The lowest BCUT2D eigenvalue weighted by atomic mass is 10.1. The Balaban J connectivity index is 1.32. The Bertz CT molecular complexity index is 1310. The van der Waals surface area contributed by atoms with Crippen LogP contribution in [-0.2, 0) is 16.4 Å². The van der Waals surface area contributed by atoms with Crippen molar-refractivity contribution in [1.82, 2.24) is 19.6 Å². The molecule has 0 saturated heterocycles. The molecule has 4 rings (SSSR count). The van der Waals surface area contributed by atoms with Crippen molar-refractivity contribution in [1.29, 1.82) is 0 Å². The Kier molecular flexibility index (Phi) is 5.73. The van der Waals surface area contributed by atoms with Crippen molar-refractivity contribution >= 4 is 27.1 Å². The average molecular weight is 435 g/mol. The van der Waals surface area contributed by atoms with Gasteiger partial charge in [-0.1, -0.05) is 42.0 Å². The summed E-state index contributed by atoms with van der Waals surface area (Å²) in [5, 5.41) is 2.59. The van der Waals surface area contributed by atoms with E-state index < -0.39 is 16.1 Å². The van der Waals surface area contributed by atoms with Gasteiger partial charge in [-0.05, 0) is 55.3 Å². The number of rotatable bonds is 6. The van der Waals surface area contributed by atoms with Gasteiger partial charge in [0.15, 0.2) is 0 Å². The van der Waals surface area contributed by atoms with Crippen molar-refractivity contribution < 1.29 is 13.2 Å². The molecular formula is C23H22N4O3S. The first-order chi connectivity index (χ1) is 14.9. The van der Waals surface area contributed by atoms with Gasteiger partial charge in [-0.15, -0.1) is 0 Å². The largest absolute Gasteiger partial charge is 0.337 e. The van der Waals surface area contributed by atoms with Crippen LogP contribution >= 0.6 is 0 Å². The van der Waals surface area contributed by atoms with Gasteiger partial charge < -0.3 is 5.32 Å².